The first kappa shape index (κ1) is 14.0. The van der Waals surface area contributed by atoms with E-state index in [0.717, 1.165) is 18.3 Å². The lowest BCUT2D eigenvalue weighted by Crippen LogP contribution is -2.50. The lowest BCUT2D eigenvalue weighted by atomic mass is 9.97. The van der Waals surface area contributed by atoms with Crippen LogP contribution < -0.4 is 5.32 Å². The van der Waals surface area contributed by atoms with Gasteiger partial charge in [-0.3, -0.25) is 10.1 Å². The van der Waals surface area contributed by atoms with Gasteiger partial charge in [0.2, 0.25) is 5.91 Å². The minimum atomic E-state index is -0.310. The Morgan fingerprint density at radius 3 is 2.19 bits per heavy atom. The Balaban J connectivity index is 1.64. The van der Waals surface area contributed by atoms with E-state index < -0.39 is 0 Å². The van der Waals surface area contributed by atoms with E-state index in [4.69, 9.17) is 0 Å². The van der Waals surface area contributed by atoms with E-state index in [-0.39, 0.29) is 5.54 Å². The maximum absolute atomic E-state index is 13.2. The Morgan fingerprint density at radius 1 is 1.14 bits per heavy atom. The molecule has 4 fully saturated rings. The van der Waals surface area contributed by atoms with Crippen molar-refractivity contribution in [2.45, 2.75) is 89.4 Å². The first-order valence-electron chi connectivity index (χ1n) is 9.24. The Morgan fingerprint density at radius 2 is 1.71 bits per heavy atom. The molecule has 2 unspecified atom stereocenters. The lowest BCUT2D eigenvalue weighted by Gasteiger charge is -2.36. The largest absolute Gasteiger partial charge is 0.322 e. The topological polar surface area (TPSA) is 32.3 Å². The minimum Gasteiger partial charge on any atom is -0.322 e. The molecule has 21 heavy (non-hydrogen) atoms. The van der Waals surface area contributed by atoms with Crippen LogP contribution in [0.3, 0.4) is 0 Å². The molecule has 3 heteroatoms. The predicted molar refractivity (Wildman–Crippen MR) is 83.7 cm³/mol. The van der Waals surface area contributed by atoms with Crippen LogP contribution in [0.15, 0.2) is 0 Å². The molecule has 1 amide bonds. The van der Waals surface area contributed by atoms with Crippen LogP contribution >= 0.6 is 0 Å². The lowest BCUT2D eigenvalue weighted by molar-refractivity contribution is -0.136. The quantitative estimate of drug-likeness (QED) is 0.842. The van der Waals surface area contributed by atoms with E-state index in [1.165, 1.54) is 51.4 Å². The molecule has 0 radical (unpaired) electrons. The predicted octanol–water partition coefficient (Wildman–Crippen LogP) is 3.29. The maximum atomic E-state index is 13.2. The van der Waals surface area contributed by atoms with E-state index in [1.54, 1.807) is 0 Å². The van der Waals surface area contributed by atoms with Crippen molar-refractivity contribution in [2.24, 2.45) is 17.8 Å². The van der Waals surface area contributed by atoms with Crippen molar-refractivity contribution in [2.75, 3.05) is 0 Å². The molecule has 3 nitrogen and oxygen atoms in total. The second kappa shape index (κ2) is 4.97. The third kappa shape index (κ3) is 2.32. The highest BCUT2D eigenvalue weighted by Gasteiger charge is 2.56. The van der Waals surface area contributed by atoms with Crippen LogP contribution in [0.4, 0.5) is 0 Å². The molecular formula is C18H30N2O. The van der Waals surface area contributed by atoms with Crippen LogP contribution in [0.5, 0.6) is 0 Å². The molecule has 0 bridgehead atoms. The molecule has 0 aromatic rings. The summed E-state index contributed by atoms with van der Waals surface area (Å²) >= 11 is 0. The third-order valence-corrected chi connectivity index (χ3v) is 6.56. The monoisotopic (exact) mass is 290 g/mol. The van der Waals surface area contributed by atoms with E-state index in [0.29, 0.717) is 24.0 Å². The van der Waals surface area contributed by atoms with Gasteiger partial charge >= 0.3 is 0 Å². The first-order chi connectivity index (χ1) is 10.1. The summed E-state index contributed by atoms with van der Waals surface area (Å²) in [6.45, 7) is 4.29. The van der Waals surface area contributed by atoms with E-state index in [1.807, 2.05) is 0 Å². The van der Waals surface area contributed by atoms with Gasteiger partial charge in [0, 0.05) is 6.04 Å². The summed E-state index contributed by atoms with van der Waals surface area (Å²) in [4.78, 5) is 15.6. The highest BCUT2D eigenvalue weighted by atomic mass is 16.2. The van der Waals surface area contributed by atoms with Gasteiger partial charge in [0.1, 0.15) is 0 Å². The normalized spacial score (nSPS) is 38.0. The highest BCUT2D eigenvalue weighted by molar-refractivity contribution is 5.88. The summed E-state index contributed by atoms with van der Waals surface area (Å²) < 4.78 is 0. The van der Waals surface area contributed by atoms with Crippen LogP contribution in [-0.4, -0.2) is 28.6 Å². The molecule has 1 N–H and O–H groups in total. The number of rotatable bonds is 5. The summed E-state index contributed by atoms with van der Waals surface area (Å²) in [5.74, 6) is 2.73. The van der Waals surface area contributed by atoms with Crippen LogP contribution in [0.2, 0.25) is 0 Å². The van der Waals surface area contributed by atoms with E-state index >= 15 is 0 Å². The fraction of sp³-hybridized carbons (Fsp3) is 0.944. The SMILES string of the molecule is CCC1(C)NC(C2CCCC2)N(C(C2CC2)C2CC2)C1=O. The van der Waals surface area contributed by atoms with Crippen LogP contribution in [0.25, 0.3) is 0 Å². The van der Waals surface area contributed by atoms with Crippen LogP contribution in [0, 0.1) is 17.8 Å². The molecule has 0 spiro atoms. The standard InChI is InChI=1S/C18H30N2O/c1-3-18(2)17(21)20(15(12-8-9-12)13-10-11-13)16(19-18)14-6-4-5-7-14/h12-16,19H,3-11H2,1-2H3. The smallest absolute Gasteiger partial charge is 0.244 e. The molecule has 1 saturated heterocycles. The zero-order valence-electron chi connectivity index (χ0n) is 13.6. The molecule has 3 aliphatic carbocycles. The summed E-state index contributed by atoms with van der Waals surface area (Å²) in [6.07, 6.45) is 12.0. The molecule has 0 aromatic heterocycles. The number of hydrogen-bond donors (Lipinski definition) is 1. The van der Waals surface area contributed by atoms with Crippen molar-refractivity contribution < 1.29 is 4.79 Å². The number of nitrogens with one attached hydrogen (secondary N) is 1. The molecule has 2 atom stereocenters. The average Bonchev–Trinajstić information content (AvgIpc) is 3.41. The van der Waals surface area contributed by atoms with Gasteiger partial charge in [-0.1, -0.05) is 19.8 Å². The summed E-state index contributed by atoms with van der Waals surface area (Å²) in [5, 5.41) is 3.78. The zero-order valence-corrected chi connectivity index (χ0v) is 13.6. The summed E-state index contributed by atoms with van der Waals surface area (Å²) in [7, 11) is 0. The van der Waals surface area contributed by atoms with E-state index in [9.17, 15) is 4.79 Å². The Labute approximate surface area is 128 Å². The molecule has 4 aliphatic rings. The second-order valence-electron chi connectivity index (χ2n) is 8.20. The molecule has 3 saturated carbocycles. The third-order valence-electron chi connectivity index (χ3n) is 6.56. The van der Waals surface area contributed by atoms with Crippen molar-refractivity contribution in [1.29, 1.82) is 0 Å². The van der Waals surface area contributed by atoms with Gasteiger partial charge in [-0.15, -0.1) is 0 Å². The van der Waals surface area contributed by atoms with Gasteiger partial charge in [-0.2, -0.15) is 0 Å². The van der Waals surface area contributed by atoms with Gasteiger partial charge in [-0.05, 0) is 69.6 Å². The zero-order chi connectivity index (χ0) is 14.6. The minimum absolute atomic E-state index is 0.310. The number of nitrogens with zero attached hydrogens (tertiary/aromatic N) is 1. The van der Waals surface area contributed by atoms with Gasteiger partial charge in [0.15, 0.2) is 0 Å². The van der Waals surface area contributed by atoms with Gasteiger partial charge in [0.05, 0.1) is 11.7 Å². The molecule has 118 valence electrons. The molecule has 1 heterocycles. The number of carbonyl (C=O) groups excluding carboxylic acids is 1. The highest BCUT2D eigenvalue weighted by Crippen LogP contribution is 2.50. The molecular weight excluding hydrogens is 260 g/mol. The second-order valence-corrected chi connectivity index (χ2v) is 8.20. The molecule has 0 aromatic carbocycles. The molecule has 1 aliphatic heterocycles. The Bertz CT molecular complexity index is 411. The van der Waals surface area contributed by atoms with E-state index in [2.05, 4.69) is 24.1 Å². The van der Waals surface area contributed by atoms with Gasteiger partial charge in [0.25, 0.3) is 0 Å². The Hall–Kier alpha value is -0.570. The van der Waals surface area contributed by atoms with Crippen LogP contribution in [-0.2, 0) is 4.79 Å². The van der Waals surface area contributed by atoms with Crippen molar-refractivity contribution >= 4 is 5.91 Å². The fourth-order valence-electron chi connectivity index (χ4n) is 4.78. The fourth-order valence-corrected chi connectivity index (χ4v) is 4.78. The number of amides is 1. The van der Waals surface area contributed by atoms with Gasteiger partial charge < -0.3 is 4.90 Å². The summed E-state index contributed by atoms with van der Waals surface area (Å²) in [5.41, 5.74) is -0.310. The number of hydrogen-bond acceptors (Lipinski definition) is 2. The van der Waals surface area contributed by atoms with Gasteiger partial charge in [-0.25, -0.2) is 0 Å². The Kier molecular flexibility index (Phi) is 3.33. The summed E-state index contributed by atoms with van der Waals surface area (Å²) in [6, 6.07) is 0.559. The van der Waals surface area contributed by atoms with Crippen molar-refractivity contribution in [3.05, 3.63) is 0 Å². The van der Waals surface area contributed by atoms with Crippen LogP contribution in [0.1, 0.15) is 71.6 Å². The average molecular weight is 290 g/mol. The first-order valence-corrected chi connectivity index (χ1v) is 9.24. The molecule has 4 rings (SSSR count). The maximum Gasteiger partial charge on any atom is 0.244 e. The van der Waals surface area contributed by atoms with Crippen molar-refractivity contribution in [1.82, 2.24) is 10.2 Å². The van der Waals surface area contributed by atoms with Crippen molar-refractivity contribution in [3.63, 3.8) is 0 Å². The van der Waals surface area contributed by atoms with Crippen molar-refractivity contribution in [3.8, 4) is 0 Å². The number of carbonyl (C=O) groups is 1.